The molecule has 0 aliphatic rings. The summed E-state index contributed by atoms with van der Waals surface area (Å²) >= 11 is 0. The first-order chi connectivity index (χ1) is 7.06. The quantitative estimate of drug-likeness (QED) is 0.831. The molecule has 2 atom stereocenters. The van der Waals surface area contributed by atoms with E-state index in [9.17, 15) is 9.50 Å². The van der Waals surface area contributed by atoms with Crippen molar-refractivity contribution in [3.63, 3.8) is 0 Å². The number of aryl methyl sites for hydroxylation is 1. The van der Waals surface area contributed by atoms with Crippen LogP contribution in [0.25, 0.3) is 0 Å². The van der Waals surface area contributed by atoms with E-state index in [0.717, 1.165) is 0 Å². The zero-order valence-corrected chi connectivity index (χ0v) is 9.33. The Labute approximate surface area is 89.7 Å². The standard InChI is InChI=1S/C12H17FO2/c1-4-15-9(3)12(14)10-5-6-11(13)8(2)7-10/h5-7,9,12,14H,4H2,1-3H3. The van der Waals surface area contributed by atoms with E-state index in [1.165, 1.54) is 6.07 Å². The summed E-state index contributed by atoms with van der Waals surface area (Å²) in [7, 11) is 0. The molecule has 84 valence electrons. The summed E-state index contributed by atoms with van der Waals surface area (Å²) < 4.78 is 18.3. The smallest absolute Gasteiger partial charge is 0.126 e. The second-order valence-corrected chi connectivity index (χ2v) is 3.61. The third-order valence-corrected chi connectivity index (χ3v) is 2.40. The van der Waals surface area contributed by atoms with E-state index >= 15 is 0 Å². The van der Waals surface area contributed by atoms with E-state index in [2.05, 4.69) is 0 Å². The van der Waals surface area contributed by atoms with Gasteiger partial charge >= 0.3 is 0 Å². The molecule has 0 saturated heterocycles. The van der Waals surface area contributed by atoms with Gasteiger partial charge in [-0.2, -0.15) is 0 Å². The number of ether oxygens (including phenoxy) is 1. The Hall–Kier alpha value is -0.930. The molecule has 0 radical (unpaired) electrons. The van der Waals surface area contributed by atoms with Gasteiger partial charge in [-0.15, -0.1) is 0 Å². The van der Waals surface area contributed by atoms with Crippen LogP contribution in [0, 0.1) is 12.7 Å². The van der Waals surface area contributed by atoms with Crippen LogP contribution >= 0.6 is 0 Å². The molecular formula is C12H17FO2. The van der Waals surface area contributed by atoms with E-state index < -0.39 is 6.10 Å². The lowest BCUT2D eigenvalue weighted by Crippen LogP contribution is -2.18. The lowest BCUT2D eigenvalue weighted by atomic mass is 10.0. The molecule has 0 amide bonds. The summed E-state index contributed by atoms with van der Waals surface area (Å²) in [6.07, 6.45) is -0.982. The summed E-state index contributed by atoms with van der Waals surface area (Å²) in [5.41, 5.74) is 1.23. The molecular weight excluding hydrogens is 195 g/mol. The zero-order chi connectivity index (χ0) is 11.4. The average Bonchev–Trinajstić information content (AvgIpc) is 2.21. The molecule has 0 fully saturated rings. The topological polar surface area (TPSA) is 29.5 Å². The van der Waals surface area contributed by atoms with E-state index in [-0.39, 0.29) is 11.9 Å². The second kappa shape index (κ2) is 5.24. The third kappa shape index (κ3) is 3.01. The Balaban J connectivity index is 2.81. The molecule has 0 saturated carbocycles. The minimum absolute atomic E-state index is 0.255. The number of rotatable bonds is 4. The van der Waals surface area contributed by atoms with Crippen molar-refractivity contribution in [3.8, 4) is 0 Å². The minimum Gasteiger partial charge on any atom is -0.386 e. The van der Waals surface area contributed by atoms with Gasteiger partial charge in [-0.25, -0.2) is 4.39 Å². The summed E-state index contributed by atoms with van der Waals surface area (Å²) in [6, 6.07) is 4.60. The van der Waals surface area contributed by atoms with Crippen molar-refractivity contribution < 1.29 is 14.2 Å². The monoisotopic (exact) mass is 212 g/mol. The van der Waals surface area contributed by atoms with Crippen molar-refractivity contribution in [1.29, 1.82) is 0 Å². The average molecular weight is 212 g/mol. The predicted molar refractivity (Wildman–Crippen MR) is 57.2 cm³/mol. The SMILES string of the molecule is CCOC(C)C(O)c1ccc(F)c(C)c1. The number of halogens is 1. The molecule has 2 unspecified atom stereocenters. The molecule has 2 nitrogen and oxygen atoms in total. The van der Waals surface area contributed by atoms with Gasteiger partial charge in [0.05, 0.1) is 6.10 Å². The number of aliphatic hydroxyl groups excluding tert-OH is 1. The largest absolute Gasteiger partial charge is 0.386 e. The summed E-state index contributed by atoms with van der Waals surface area (Å²) in [4.78, 5) is 0. The number of hydrogen-bond acceptors (Lipinski definition) is 2. The fraction of sp³-hybridized carbons (Fsp3) is 0.500. The third-order valence-electron chi connectivity index (χ3n) is 2.40. The number of aliphatic hydroxyl groups is 1. The zero-order valence-electron chi connectivity index (χ0n) is 9.33. The first kappa shape index (κ1) is 12.1. The van der Waals surface area contributed by atoms with Crippen LogP contribution < -0.4 is 0 Å². The molecule has 1 aromatic rings. The molecule has 1 rings (SSSR count). The van der Waals surface area contributed by atoms with Gasteiger partial charge < -0.3 is 9.84 Å². The van der Waals surface area contributed by atoms with E-state index in [4.69, 9.17) is 4.74 Å². The Morgan fingerprint density at radius 2 is 2.13 bits per heavy atom. The van der Waals surface area contributed by atoms with Gasteiger partial charge in [0.25, 0.3) is 0 Å². The minimum atomic E-state index is -0.704. The van der Waals surface area contributed by atoms with Gasteiger partial charge in [0, 0.05) is 6.61 Å². The van der Waals surface area contributed by atoms with Gasteiger partial charge in [0.15, 0.2) is 0 Å². The fourth-order valence-electron chi connectivity index (χ4n) is 1.48. The Kier molecular flexibility index (Phi) is 4.24. The lowest BCUT2D eigenvalue weighted by Gasteiger charge is -2.19. The van der Waals surface area contributed by atoms with Gasteiger partial charge in [-0.05, 0) is 38.0 Å². The normalized spacial score (nSPS) is 15.0. The number of benzene rings is 1. The second-order valence-electron chi connectivity index (χ2n) is 3.61. The molecule has 1 aromatic carbocycles. The van der Waals surface area contributed by atoms with Gasteiger partial charge in [-0.1, -0.05) is 12.1 Å². The van der Waals surface area contributed by atoms with Gasteiger partial charge in [0.2, 0.25) is 0 Å². The van der Waals surface area contributed by atoms with Crippen molar-refractivity contribution in [2.24, 2.45) is 0 Å². The highest BCUT2D eigenvalue weighted by Crippen LogP contribution is 2.21. The van der Waals surface area contributed by atoms with Crippen molar-refractivity contribution >= 4 is 0 Å². The van der Waals surface area contributed by atoms with Crippen molar-refractivity contribution in [2.45, 2.75) is 33.0 Å². The summed E-state index contributed by atoms with van der Waals surface area (Å²) in [5.74, 6) is -0.255. The van der Waals surface area contributed by atoms with Crippen LogP contribution in [0.2, 0.25) is 0 Å². The van der Waals surface area contributed by atoms with Crippen LogP contribution in [-0.2, 0) is 4.74 Å². The first-order valence-electron chi connectivity index (χ1n) is 5.12. The molecule has 0 bridgehead atoms. The van der Waals surface area contributed by atoms with E-state index in [1.54, 1.807) is 26.0 Å². The molecule has 0 aromatic heterocycles. The molecule has 0 aliphatic carbocycles. The van der Waals surface area contributed by atoms with Crippen LogP contribution in [-0.4, -0.2) is 17.8 Å². The highest BCUT2D eigenvalue weighted by Gasteiger charge is 2.16. The molecule has 0 aliphatic heterocycles. The fourth-order valence-corrected chi connectivity index (χ4v) is 1.48. The molecule has 0 heterocycles. The van der Waals surface area contributed by atoms with E-state index in [0.29, 0.717) is 17.7 Å². The van der Waals surface area contributed by atoms with Crippen molar-refractivity contribution in [3.05, 3.63) is 35.1 Å². The maximum absolute atomic E-state index is 13.0. The molecule has 3 heteroatoms. The number of hydrogen-bond donors (Lipinski definition) is 1. The molecule has 1 N–H and O–H groups in total. The van der Waals surface area contributed by atoms with Gasteiger partial charge in [0.1, 0.15) is 11.9 Å². The van der Waals surface area contributed by atoms with Crippen molar-refractivity contribution in [1.82, 2.24) is 0 Å². The first-order valence-corrected chi connectivity index (χ1v) is 5.12. The van der Waals surface area contributed by atoms with Crippen LogP contribution in [0.5, 0.6) is 0 Å². The van der Waals surface area contributed by atoms with E-state index in [1.807, 2.05) is 6.92 Å². The van der Waals surface area contributed by atoms with Crippen LogP contribution in [0.3, 0.4) is 0 Å². The van der Waals surface area contributed by atoms with Crippen LogP contribution in [0.1, 0.15) is 31.1 Å². The van der Waals surface area contributed by atoms with Gasteiger partial charge in [-0.3, -0.25) is 0 Å². The Morgan fingerprint density at radius 1 is 1.47 bits per heavy atom. The van der Waals surface area contributed by atoms with Crippen molar-refractivity contribution in [2.75, 3.05) is 6.61 Å². The van der Waals surface area contributed by atoms with Crippen LogP contribution in [0.15, 0.2) is 18.2 Å². The molecule has 15 heavy (non-hydrogen) atoms. The summed E-state index contributed by atoms with van der Waals surface area (Å²) in [6.45, 7) is 5.90. The van der Waals surface area contributed by atoms with Crippen LogP contribution in [0.4, 0.5) is 4.39 Å². The highest BCUT2D eigenvalue weighted by molar-refractivity contribution is 5.26. The molecule has 0 spiro atoms. The maximum Gasteiger partial charge on any atom is 0.126 e. The predicted octanol–water partition coefficient (Wildman–Crippen LogP) is 2.59. The Morgan fingerprint density at radius 3 is 2.67 bits per heavy atom. The Bertz CT molecular complexity index is 325. The summed E-state index contributed by atoms with van der Waals surface area (Å²) in [5, 5.41) is 9.89. The highest BCUT2D eigenvalue weighted by atomic mass is 19.1. The lowest BCUT2D eigenvalue weighted by molar-refractivity contribution is -0.0228. The maximum atomic E-state index is 13.0.